The minimum absolute atomic E-state index is 0.0248. The molecule has 0 heterocycles. The quantitative estimate of drug-likeness (QED) is 0.853. The largest absolute Gasteiger partial charge is 0.352 e. The monoisotopic (exact) mass is 260 g/mol. The van der Waals surface area contributed by atoms with Gasteiger partial charge in [-0.25, -0.2) is 0 Å². The minimum Gasteiger partial charge on any atom is -0.352 e. The van der Waals surface area contributed by atoms with Crippen molar-refractivity contribution in [3.63, 3.8) is 0 Å². The van der Waals surface area contributed by atoms with Gasteiger partial charge >= 0.3 is 0 Å². The van der Waals surface area contributed by atoms with Gasteiger partial charge in [0.15, 0.2) is 0 Å². The van der Waals surface area contributed by atoms with E-state index in [0.717, 1.165) is 5.56 Å². The summed E-state index contributed by atoms with van der Waals surface area (Å²) in [6.07, 6.45) is 5.65. The lowest BCUT2D eigenvalue weighted by Gasteiger charge is -2.22. The molecule has 3 heteroatoms. The number of carbonyl (C=O) groups excluding carboxylic acids is 1. The Morgan fingerprint density at radius 3 is 2.58 bits per heavy atom. The lowest BCUT2D eigenvalue weighted by atomic mass is 9.99. The third-order valence-electron chi connectivity index (χ3n) is 4.11. The average molecular weight is 260 g/mol. The van der Waals surface area contributed by atoms with Gasteiger partial charge in [0.2, 0.25) is 5.91 Å². The Morgan fingerprint density at radius 1 is 1.32 bits per heavy atom. The Bertz CT molecular complexity index is 398. The van der Waals surface area contributed by atoms with Crippen LogP contribution in [0.3, 0.4) is 0 Å². The van der Waals surface area contributed by atoms with Gasteiger partial charge in [0.25, 0.3) is 0 Å². The molecule has 0 radical (unpaired) electrons. The molecule has 1 fully saturated rings. The van der Waals surface area contributed by atoms with Gasteiger partial charge in [-0.1, -0.05) is 43.2 Å². The molecular weight excluding hydrogens is 236 g/mol. The standard InChI is InChI=1S/C16H24N2O/c1-12(14-9-5-6-10-14)18-16(19)15(17)11-13-7-3-2-4-8-13/h2-4,7-8,12,14-15H,5-6,9-11,17H2,1H3,(H,18,19)/t12-,15?/m1/s1. The molecule has 1 unspecified atom stereocenters. The molecule has 1 aromatic rings. The van der Waals surface area contributed by atoms with E-state index in [-0.39, 0.29) is 11.9 Å². The molecule has 19 heavy (non-hydrogen) atoms. The maximum absolute atomic E-state index is 12.1. The summed E-state index contributed by atoms with van der Waals surface area (Å²) in [5, 5.41) is 3.08. The molecule has 1 saturated carbocycles. The Morgan fingerprint density at radius 2 is 1.95 bits per heavy atom. The highest BCUT2D eigenvalue weighted by atomic mass is 16.2. The summed E-state index contributed by atoms with van der Waals surface area (Å²) in [7, 11) is 0. The van der Waals surface area contributed by atoms with E-state index in [1.54, 1.807) is 0 Å². The van der Waals surface area contributed by atoms with Crippen molar-refractivity contribution in [1.82, 2.24) is 5.32 Å². The average Bonchev–Trinajstić information content (AvgIpc) is 2.93. The molecule has 1 aliphatic carbocycles. The zero-order valence-corrected chi connectivity index (χ0v) is 11.6. The van der Waals surface area contributed by atoms with E-state index in [0.29, 0.717) is 12.3 Å². The number of carbonyl (C=O) groups is 1. The number of hydrogen-bond acceptors (Lipinski definition) is 2. The van der Waals surface area contributed by atoms with Crippen molar-refractivity contribution in [3.8, 4) is 0 Å². The van der Waals surface area contributed by atoms with Crippen LogP contribution in [0.15, 0.2) is 30.3 Å². The number of benzene rings is 1. The van der Waals surface area contributed by atoms with E-state index >= 15 is 0 Å². The summed E-state index contributed by atoms with van der Waals surface area (Å²) in [5.41, 5.74) is 7.09. The van der Waals surface area contributed by atoms with E-state index in [4.69, 9.17) is 5.73 Å². The molecule has 3 nitrogen and oxygen atoms in total. The number of hydrogen-bond donors (Lipinski definition) is 2. The van der Waals surface area contributed by atoms with Crippen molar-refractivity contribution in [3.05, 3.63) is 35.9 Å². The maximum atomic E-state index is 12.1. The fraction of sp³-hybridized carbons (Fsp3) is 0.562. The summed E-state index contributed by atoms with van der Waals surface area (Å²) >= 11 is 0. The van der Waals surface area contributed by atoms with Gasteiger partial charge in [0.1, 0.15) is 0 Å². The lowest BCUT2D eigenvalue weighted by Crippen LogP contribution is -2.47. The van der Waals surface area contributed by atoms with Crippen molar-refractivity contribution in [2.45, 2.75) is 51.1 Å². The molecule has 2 atom stereocenters. The van der Waals surface area contributed by atoms with Crippen LogP contribution in [0.1, 0.15) is 38.2 Å². The van der Waals surface area contributed by atoms with E-state index < -0.39 is 6.04 Å². The first-order valence-electron chi connectivity index (χ1n) is 7.26. The summed E-state index contributed by atoms with van der Waals surface area (Å²) < 4.78 is 0. The van der Waals surface area contributed by atoms with E-state index in [2.05, 4.69) is 12.2 Å². The highest BCUT2D eigenvalue weighted by Gasteiger charge is 2.24. The molecule has 0 aliphatic heterocycles. The van der Waals surface area contributed by atoms with Crippen molar-refractivity contribution < 1.29 is 4.79 Å². The molecule has 3 N–H and O–H groups in total. The molecular formula is C16H24N2O. The molecule has 0 saturated heterocycles. The van der Waals surface area contributed by atoms with Crippen LogP contribution in [0.4, 0.5) is 0 Å². The molecule has 0 spiro atoms. The molecule has 1 aliphatic rings. The first kappa shape index (κ1) is 14.1. The predicted octanol–water partition coefficient (Wildman–Crippen LogP) is 2.25. The number of rotatable bonds is 5. The minimum atomic E-state index is -0.453. The molecule has 0 bridgehead atoms. The Kier molecular flexibility index (Phi) is 4.97. The first-order valence-corrected chi connectivity index (χ1v) is 7.26. The predicted molar refractivity (Wildman–Crippen MR) is 77.7 cm³/mol. The summed E-state index contributed by atoms with van der Waals surface area (Å²) in [6.45, 7) is 2.10. The smallest absolute Gasteiger partial charge is 0.237 e. The molecule has 1 amide bonds. The second kappa shape index (κ2) is 6.71. The van der Waals surface area contributed by atoms with Gasteiger partial charge in [-0.15, -0.1) is 0 Å². The summed E-state index contributed by atoms with van der Waals surface area (Å²) in [4.78, 5) is 12.1. The topological polar surface area (TPSA) is 55.1 Å². The van der Waals surface area contributed by atoms with E-state index in [1.165, 1.54) is 25.7 Å². The van der Waals surface area contributed by atoms with Gasteiger partial charge in [0, 0.05) is 6.04 Å². The van der Waals surface area contributed by atoms with Crippen molar-refractivity contribution in [1.29, 1.82) is 0 Å². The van der Waals surface area contributed by atoms with Gasteiger partial charge < -0.3 is 11.1 Å². The fourth-order valence-electron chi connectivity index (χ4n) is 2.87. The third-order valence-corrected chi connectivity index (χ3v) is 4.11. The lowest BCUT2D eigenvalue weighted by molar-refractivity contribution is -0.123. The van der Waals surface area contributed by atoms with Gasteiger partial charge in [-0.05, 0) is 37.7 Å². The Balaban J connectivity index is 1.82. The third kappa shape index (κ3) is 4.06. The fourth-order valence-corrected chi connectivity index (χ4v) is 2.87. The van der Waals surface area contributed by atoms with Gasteiger partial charge in [-0.2, -0.15) is 0 Å². The van der Waals surface area contributed by atoms with Crippen LogP contribution in [0, 0.1) is 5.92 Å². The zero-order valence-electron chi connectivity index (χ0n) is 11.6. The Hall–Kier alpha value is -1.35. The first-order chi connectivity index (χ1) is 9.16. The number of nitrogens with one attached hydrogen (secondary N) is 1. The molecule has 0 aromatic heterocycles. The van der Waals surface area contributed by atoms with Gasteiger partial charge in [-0.3, -0.25) is 4.79 Å². The van der Waals surface area contributed by atoms with E-state index in [1.807, 2.05) is 30.3 Å². The van der Waals surface area contributed by atoms with Crippen LogP contribution in [0.5, 0.6) is 0 Å². The van der Waals surface area contributed by atoms with Crippen molar-refractivity contribution in [2.24, 2.45) is 11.7 Å². The molecule has 104 valence electrons. The molecule has 2 rings (SSSR count). The van der Waals surface area contributed by atoms with Crippen molar-refractivity contribution in [2.75, 3.05) is 0 Å². The van der Waals surface area contributed by atoms with Crippen molar-refractivity contribution >= 4 is 5.91 Å². The van der Waals surface area contributed by atoms with Crippen LogP contribution in [0.2, 0.25) is 0 Å². The van der Waals surface area contributed by atoms with Gasteiger partial charge in [0.05, 0.1) is 6.04 Å². The van der Waals surface area contributed by atoms with Crippen LogP contribution < -0.4 is 11.1 Å². The van der Waals surface area contributed by atoms with Crippen LogP contribution in [-0.2, 0) is 11.2 Å². The van der Waals surface area contributed by atoms with Crippen LogP contribution >= 0.6 is 0 Å². The highest BCUT2D eigenvalue weighted by molar-refractivity contribution is 5.82. The molecule has 1 aromatic carbocycles. The zero-order chi connectivity index (χ0) is 13.7. The second-order valence-electron chi connectivity index (χ2n) is 5.64. The van der Waals surface area contributed by atoms with Crippen LogP contribution in [0.25, 0.3) is 0 Å². The summed E-state index contributed by atoms with van der Waals surface area (Å²) in [5.74, 6) is 0.608. The van der Waals surface area contributed by atoms with Crippen LogP contribution in [-0.4, -0.2) is 18.0 Å². The highest BCUT2D eigenvalue weighted by Crippen LogP contribution is 2.27. The normalized spacial score (nSPS) is 19.1. The number of amides is 1. The SMILES string of the molecule is C[C@@H](NC(=O)C(N)Cc1ccccc1)C1CCCC1. The second-order valence-corrected chi connectivity index (χ2v) is 5.64. The van der Waals surface area contributed by atoms with E-state index in [9.17, 15) is 4.79 Å². The Labute approximate surface area is 115 Å². The summed E-state index contributed by atoms with van der Waals surface area (Å²) in [6, 6.07) is 9.73. The maximum Gasteiger partial charge on any atom is 0.237 e. The number of nitrogens with two attached hydrogens (primary N) is 1.